The molecular weight excluding hydrogens is 382 g/mol. The first kappa shape index (κ1) is 23.2. The average molecular weight is 411 g/mol. The number of carboxylic acids is 1. The molecule has 6 nitrogen and oxygen atoms in total. The molecule has 0 fully saturated rings. The zero-order valence-corrected chi connectivity index (χ0v) is 17.8. The van der Waals surface area contributed by atoms with Crippen molar-refractivity contribution in [3.05, 3.63) is 70.8 Å². The summed E-state index contributed by atoms with van der Waals surface area (Å²) in [4.78, 5) is 23.7. The number of carbonyl (C=O) groups is 2. The summed E-state index contributed by atoms with van der Waals surface area (Å²) in [6, 6.07) is 13.3. The van der Waals surface area contributed by atoms with E-state index < -0.39 is 12.1 Å². The predicted molar refractivity (Wildman–Crippen MR) is 116 cm³/mol. The zero-order valence-electron chi connectivity index (χ0n) is 17.8. The van der Waals surface area contributed by atoms with Crippen LogP contribution >= 0.6 is 0 Å². The van der Waals surface area contributed by atoms with Crippen molar-refractivity contribution in [1.82, 2.24) is 5.32 Å². The fourth-order valence-corrected chi connectivity index (χ4v) is 3.02. The van der Waals surface area contributed by atoms with E-state index in [2.05, 4.69) is 5.32 Å². The van der Waals surface area contributed by atoms with Crippen LogP contribution in [0.5, 0.6) is 5.75 Å². The fraction of sp³-hybridized carbons (Fsp3) is 0.333. The molecule has 1 atom stereocenters. The molecule has 0 heterocycles. The van der Waals surface area contributed by atoms with E-state index in [9.17, 15) is 14.7 Å². The lowest BCUT2D eigenvalue weighted by Gasteiger charge is -2.17. The molecule has 0 spiro atoms. The van der Waals surface area contributed by atoms with E-state index in [1.54, 1.807) is 39.2 Å². The second-order valence-corrected chi connectivity index (χ2v) is 7.33. The Hall–Kier alpha value is -3.12. The molecule has 1 unspecified atom stereocenters. The highest BCUT2D eigenvalue weighted by Crippen LogP contribution is 2.21. The van der Waals surface area contributed by atoms with E-state index in [1.807, 2.05) is 37.3 Å². The van der Waals surface area contributed by atoms with Crippen LogP contribution in [0.15, 0.2) is 48.5 Å². The van der Waals surface area contributed by atoms with Crippen molar-refractivity contribution >= 4 is 18.0 Å². The van der Waals surface area contributed by atoms with Crippen LogP contribution in [-0.2, 0) is 27.3 Å². The normalized spacial score (nSPS) is 12.2. The molecule has 0 aliphatic heterocycles. The van der Waals surface area contributed by atoms with Crippen LogP contribution in [0.4, 0.5) is 0 Å². The number of nitrogens with one attached hydrogen (secondary N) is 1. The summed E-state index contributed by atoms with van der Waals surface area (Å²) in [5.41, 5.74) is 3.64. The van der Waals surface area contributed by atoms with Crippen molar-refractivity contribution in [2.24, 2.45) is 0 Å². The first-order valence-electron chi connectivity index (χ1n) is 9.85. The predicted octanol–water partition coefficient (Wildman–Crippen LogP) is 3.75. The van der Waals surface area contributed by atoms with E-state index >= 15 is 0 Å². The van der Waals surface area contributed by atoms with Crippen LogP contribution in [0.2, 0.25) is 0 Å². The van der Waals surface area contributed by atoms with Gasteiger partial charge in [0.1, 0.15) is 5.75 Å². The van der Waals surface area contributed by atoms with E-state index in [4.69, 9.17) is 9.47 Å². The number of methoxy groups -OCH3 is 1. The molecule has 30 heavy (non-hydrogen) atoms. The Kier molecular flexibility index (Phi) is 8.62. The fourth-order valence-electron chi connectivity index (χ4n) is 3.02. The van der Waals surface area contributed by atoms with E-state index in [0.29, 0.717) is 5.75 Å². The third-order valence-electron chi connectivity index (χ3n) is 4.40. The number of rotatable bonds is 10. The molecular formula is C24H29NO5. The minimum Gasteiger partial charge on any atom is -0.496 e. The van der Waals surface area contributed by atoms with E-state index in [1.165, 1.54) is 6.08 Å². The van der Waals surface area contributed by atoms with Gasteiger partial charge in [0.15, 0.2) is 6.10 Å². The molecule has 0 aromatic heterocycles. The third kappa shape index (κ3) is 7.37. The summed E-state index contributed by atoms with van der Waals surface area (Å²) >= 11 is 0. The van der Waals surface area contributed by atoms with Crippen LogP contribution in [-0.4, -0.2) is 36.3 Å². The summed E-state index contributed by atoms with van der Waals surface area (Å²) in [6.45, 7) is 5.86. The van der Waals surface area contributed by atoms with Crippen LogP contribution in [0.3, 0.4) is 0 Å². The number of ether oxygens (including phenoxy) is 2. The third-order valence-corrected chi connectivity index (χ3v) is 4.40. The Morgan fingerprint density at radius 2 is 1.93 bits per heavy atom. The Labute approximate surface area is 177 Å². The van der Waals surface area contributed by atoms with Gasteiger partial charge >= 0.3 is 5.97 Å². The van der Waals surface area contributed by atoms with Crippen LogP contribution in [0, 0.1) is 6.92 Å². The van der Waals surface area contributed by atoms with Crippen molar-refractivity contribution in [3.8, 4) is 5.75 Å². The zero-order chi connectivity index (χ0) is 22.1. The van der Waals surface area contributed by atoms with Crippen molar-refractivity contribution in [2.75, 3.05) is 7.11 Å². The monoisotopic (exact) mass is 411 g/mol. The summed E-state index contributed by atoms with van der Waals surface area (Å²) in [7, 11) is 1.56. The average Bonchev–Trinajstić information content (AvgIpc) is 2.70. The number of aliphatic carboxylic acids is 1. The highest BCUT2D eigenvalue weighted by molar-refractivity contribution is 5.91. The summed E-state index contributed by atoms with van der Waals surface area (Å²) < 4.78 is 10.9. The molecule has 2 rings (SSSR count). The minimum atomic E-state index is -1.00. The van der Waals surface area contributed by atoms with Crippen molar-refractivity contribution in [3.63, 3.8) is 0 Å². The molecule has 2 N–H and O–H groups in total. The van der Waals surface area contributed by atoms with Crippen molar-refractivity contribution in [1.29, 1.82) is 0 Å². The maximum atomic E-state index is 12.2. The lowest BCUT2D eigenvalue weighted by molar-refractivity contribution is -0.153. The molecule has 160 valence electrons. The highest BCUT2D eigenvalue weighted by Gasteiger charge is 2.20. The van der Waals surface area contributed by atoms with Gasteiger partial charge in [-0.1, -0.05) is 42.0 Å². The first-order valence-corrected chi connectivity index (χ1v) is 9.85. The summed E-state index contributed by atoms with van der Waals surface area (Å²) in [5.74, 6) is -0.607. The van der Waals surface area contributed by atoms with Gasteiger partial charge in [-0.2, -0.15) is 0 Å². The van der Waals surface area contributed by atoms with Gasteiger partial charge in [0.2, 0.25) is 5.91 Å². The minimum absolute atomic E-state index is 0.191. The smallest absolute Gasteiger partial charge is 0.333 e. The van der Waals surface area contributed by atoms with Crippen LogP contribution in [0.1, 0.15) is 36.1 Å². The van der Waals surface area contributed by atoms with Crippen LogP contribution < -0.4 is 10.1 Å². The number of carbonyl (C=O) groups excluding carboxylic acids is 1. The second-order valence-electron chi connectivity index (χ2n) is 7.33. The molecule has 0 bridgehead atoms. The summed E-state index contributed by atoms with van der Waals surface area (Å²) in [6.07, 6.45) is 2.35. The molecule has 1 amide bonds. The van der Waals surface area contributed by atoms with Crippen LogP contribution in [0.25, 0.3) is 6.08 Å². The maximum absolute atomic E-state index is 12.2. The Bertz CT molecular complexity index is 904. The van der Waals surface area contributed by atoms with Gasteiger partial charge in [-0.15, -0.1) is 0 Å². The van der Waals surface area contributed by atoms with Gasteiger partial charge in [-0.05, 0) is 44.0 Å². The van der Waals surface area contributed by atoms with Crippen molar-refractivity contribution < 1.29 is 24.2 Å². The maximum Gasteiger partial charge on any atom is 0.333 e. The number of hydrogen-bond donors (Lipinski definition) is 2. The molecule has 0 aliphatic rings. The molecule has 0 saturated carbocycles. The standard InChI is InChI=1S/C24H29NO5/c1-16(2)30-22(24(27)28)14-19-8-10-21(29-4)20(13-19)15-25-23(26)11-9-18-7-5-6-17(3)12-18/h5-13,16,22H,14-15H2,1-4H3,(H,25,26)(H,27,28)/b11-9+. The largest absolute Gasteiger partial charge is 0.496 e. The Balaban J connectivity index is 2.06. The summed E-state index contributed by atoms with van der Waals surface area (Å²) in [5, 5.41) is 12.2. The van der Waals surface area contributed by atoms with E-state index in [0.717, 1.165) is 22.3 Å². The number of carboxylic acid groups (broad SMARTS) is 1. The van der Waals surface area contributed by atoms with Gasteiger partial charge in [0, 0.05) is 24.6 Å². The molecule has 0 aliphatic carbocycles. The molecule has 0 saturated heterocycles. The van der Waals surface area contributed by atoms with Crippen molar-refractivity contribution in [2.45, 2.75) is 45.9 Å². The van der Waals surface area contributed by atoms with Gasteiger partial charge in [-0.3, -0.25) is 4.79 Å². The lowest BCUT2D eigenvalue weighted by Crippen LogP contribution is -2.29. The Morgan fingerprint density at radius 1 is 1.17 bits per heavy atom. The number of aryl methyl sites for hydroxylation is 1. The van der Waals surface area contributed by atoms with Gasteiger partial charge < -0.3 is 19.9 Å². The highest BCUT2D eigenvalue weighted by atomic mass is 16.5. The number of amides is 1. The Morgan fingerprint density at radius 3 is 2.57 bits per heavy atom. The molecule has 6 heteroatoms. The molecule has 0 radical (unpaired) electrons. The number of hydrogen-bond acceptors (Lipinski definition) is 4. The second kappa shape index (κ2) is 11.2. The van der Waals surface area contributed by atoms with Gasteiger partial charge in [0.25, 0.3) is 0 Å². The number of benzene rings is 2. The molecule has 2 aromatic carbocycles. The molecule has 2 aromatic rings. The first-order chi connectivity index (χ1) is 14.3. The van der Waals surface area contributed by atoms with Gasteiger partial charge in [0.05, 0.1) is 13.2 Å². The quantitative estimate of drug-likeness (QED) is 0.582. The lowest BCUT2D eigenvalue weighted by atomic mass is 10.0. The SMILES string of the molecule is COc1ccc(CC(OC(C)C)C(=O)O)cc1CNC(=O)/C=C/c1cccc(C)c1. The van der Waals surface area contributed by atoms with Gasteiger partial charge in [-0.25, -0.2) is 4.79 Å². The topological polar surface area (TPSA) is 84.9 Å². The van der Waals surface area contributed by atoms with E-state index in [-0.39, 0.29) is 25.0 Å².